The molecule has 1 aliphatic carbocycles. The molecule has 1 aromatic rings. The molecule has 2 rings (SSSR count). The van der Waals surface area contributed by atoms with Crippen molar-refractivity contribution in [1.82, 2.24) is 0 Å². The van der Waals surface area contributed by atoms with Gasteiger partial charge in [-0.3, -0.25) is 0 Å². The summed E-state index contributed by atoms with van der Waals surface area (Å²) in [6, 6.07) is 6.32. The third-order valence-corrected chi connectivity index (χ3v) is 3.20. The van der Waals surface area contributed by atoms with Crippen molar-refractivity contribution in [2.75, 3.05) is 0 Å². The Hall–Kier alpha value is -1.09. The maximum absolute atomic E-state index is 14.2. The number of halogens is 1. The van der Waals surface area contributed by atoms with Crippen LogP contribution < -0.4 is 5.73 Å². The fourth-order valence-corrected chi connectivity index (χ4v) is 2.30. The van der Waals surface area contributed by atoms with Crippen molar-refractivity contribution in [1.29, 1.82) is 0 Å². The molecule has 1 saturated carbocycles. The standard InChI is InChI=1S/C12H16FNO/c13-11(12(14)6-1-2-7-12)9-4-3-5-10(15)8-9/h3-5,8,11,15H,1-2,6-7,14H2. The van der Waals surface area contributed by atoms with Crippen LogP contribution in [-0.2, 0) is 0 Å². The number of benzene rings is 1. The third-order valence-electron chi connectivity index (χ3n) is 3.20. The predicted molar refractivity (Wildman–Crippen MR) is 57.3 cm³/mol. The van der Waals surface area contributed by atoms with E-state index in [1.54, 1.807) is 12.1 Å². The van der Waals surface area contributed by atoms with Crippen molar-refractivity contribution in [3.8, 4) is 5.75 Å². The summed E-state index contributed by atoms with van der Waals surface area (Å²) in [5.74, 6) is 0.0942. The molecule has 0 saturated heterocycles. The van der Waals surface area contributed by atoms with Crippen LogP contribution in [0, 0.1) is 0 Å². The highest BCUT2D eigenvalue weighted by molar-refractivity contribution is 5.30. The van der Waals surface area contributed by atoms with Crippen LogP contribution in [0.2, 0.25) is 0 Å². The number of aromatic hydroxyl groups is 1. The number of alkyl halides is 1. The molecule has 1 aromatic carbocycles. The first-order chi connectivity index (χ1) is 7.12. The van der Waals surface area contributed by atoms with E-state index >= 15 is 0 Å². The molecule has 1 fully saturated rings. The minimum Gasteiger partial charge on any atom is -0.508 e. The molecule has 0 spiro atoms. The molecular formula is C12H16FNO. The summed E-state index contributed by atoms with van der Waals surface area (Å²) in [5, 5.41) is 9.28. The predicted octanol–water partition coefficient (Wildman–Crippen LogP) is 2.67. The normalized spacial score (nSPS) is 21.5. The Morgan fingerprint density at radius 3 is 2.60 bits per heavy atom. The van der Waals surface area contributed by atoms with Crippen molar-refractivity contribution in [2.24, 2.45) is 5.73 Å². The molecule has 0 heterocycles. The third kappa shape index (κ3) is 1.97. The zero-order chi connectivity index (χ0) is 10.9. The van der Waals surface area contributed by atoms with E-state index < -0.39 is 11.7 Å². The van der Waals surface area contributed by atoms with Gasteiger partial charge in [0.25, 0.3) is 0 Å². The van der Waals surface area contributed by atoms with Gasteiger partial charge in [-0.2, -0.15) is 0 Å². The molecule has 0 amide bonds. The smallest absolute Gasteiger partial charge is 0.143 e. The number of hydrogen-bond acceptors (Lipinski definition) is 2. The SMILES string of the molecule is NC1(C(F)c2cccc(O)c2)CCCC1. The minimum absolute atomic E-state index is 0.0942. The maximum Gasteiger partial charge on any atom is 0.143 e. The average molecular weight is 209 g/mol. The van der Waals surface area contributed by atoms with Crippen LogP contribution in [0.5, 0.6) is 5.75 Å². The van der Waals surface area contributed by atoms with Crippen molar-refractivity contribution in [3.63, 3.8) is 0 Å². The molecule has 15 heavy (non-hydrogen) atoms. The second-order valence-electron chi connectivity index (χ2n) is 4.40. The van der Waals surface area contributed by atoms with Crippen molar-refractivity contribution in [2.45, 2.75) is 37.4 Å². The van der Waals surface area contributed by atoms with Crippen molar-refractivity contribution in [3.05, 3.63) is 29.8 Å². The lowest BCUT2D eigenvalue weighted by Gasteiger charge is -2.28. The van der Waals surface area contributed by atoms with Gasteiger partial charge >= 0.3 is 0 Å². The molecular weight excluding hydrogens is 193 g/mol. The van der Waals surface area contributed by atoms with Gasteiger partial charge in [0.15, 0.2) is 0 Å². The Kier molecular flexibility index (Phi) is 2.65. The summed E-state index contributed by atoms with van der Waals surface area (Å²) in [6.45, 7) is 0. The van der Waals surface area contributed by atoms with Gasteiger partial charge in [0.1, 0.15) is 11.9 Å². The Bertz CT molecular complexity index is 347. The fraction of sp³-hybridized carbons (Fsp3) is 0.500. The molecule has 3 heteroatoms. The average Bonchev–Trinajstić information content (AvgIpc) is 2.65. The maximum atomic E-state index is 14.2. The molecule has 0 radical (unpaired) electrons. The van der Waals surface area contributed by atoms with E-state index in [1.807, 2.05) is 0 Å². The van der Waals surface area contributed by atoms with Gasteiger partial charge < -0.3 is 10.8 Å². The Labute approximate surface area is 88.9 Å². The number of hydrogen-bond donors (Lipinski definition) is 2. The van der Waals surface area contributed by atoms with E-state index in [9.17, 15) is 9.50 Å². The van der Waals surface area contributed by atoms with Gasteiger partial charge in [-0.05, 0) is 30.5 Å². The number of phenols is 1. The zero-order valence-corrected chi connectivity index (χ0v) is 8.62. The van der Waals surface area contributed by atoms with Crippen LogP contribution in [0.15, 0.2) is 24.3 Å². The Morgan fingerprint density at radius 2 is 2.00 bits per heavy atom. The van der Waals surface area contributed by atoms with E-state index in [-0.39, 0.29) is 5.75 Å². The highest BCUT2D eigenvalue weighted by Crippen LogP contribution is 2.40. The van der Waals surface area contributed by atoms with Crippen LogP contribution in [0.1, 0.15) is 37.4 Å². The van der Waals surface area contributed by atoms with E-state index in [1.165, 1.54) is 12.1 Å². The summed E-state index contributed by atoms with van der Waals surface area (Å²) in [6.07, 6.45) is 2.27. The number of rotatable bonds is 2. The summed E-state index contributed by atoms with van der Waals surface area (Å²) < 4.78 is 14.2. The second-order valence-corrected chi connectivity index (χ2v) is 4.40. The molecule has 0 bridgehead atoms. The number of phenolic OH excluding ortho intramolecular Hbond substituents is 1. The first-order valence-corrected chi connectivity index (χ1v) is 5.34. The van der Waals surface area contributed by atoms with Crippen LogP contribution in [0.25, 0.3) is 0 Å². The van der Waals surface area contributed by atoms with E-state index in [4.69, 9.17) is 5.73 Å². The van der Waals surface area contributed by atoms with Crippen LogP contribution in [-0.4, -0.2) is 10.6 Å². The lowest BCUT2D eigenvalue weighted by Crippen LogP contribution is -2.41. The highest BCUT2D eigenvalue weighted by atomic mass is 19.1. The second kappa shape index (κ2) is 3.81. The fourth-order valence-electron chi connectivity index (χ4n) is 2.30. The topological polar surface area (TPSA) is 46.2 Å². The van der Waals surface area contributed by atoms with Gasteiger partial charge in [-0.25, -0.2) is 4.39 Å². The zero-order valence-electron chi connectivity index (χ0n) is 8.62. The van der Waals surface area contributed by atoms with Gasteiger partial charge in [-0.1, -0.05) is 25.0 Å². The summed E-state index contributed by atoms with van der Waals surface area (Å²) in [4.78, 5) is 0. The lowest BCUT2D eigenvalue weighted by atomic mass is 9.88. The highest BCUT2D eigenvalue weighted by Gasteiger charge is 2.38. The largest absolute Gasteiger partial charge is 0.508 e. The first kappa shape index (κ1) is 10.4. The van der Waals surface area contributed by atoms with Crippen LogP contribution in [0.3, 0.4) is 0 Å². The molecule has 2 nitrogen and oxygen atoms in total. The molecule has 0 aromatic heterocycles. The summed E-state index contributed by atoms with van der Waals surface area (Å²) >= 11 is 0. The summed E-state index contributed by atoms with van der Waals surface area (Å²) in [7, 11) is 0. The molecule has 0 aliphatic heterocycles. The lowest BCUT2D eigenvalue weighted by molar-refractivity contribution is 0.194. The molecule has 1 unspecified atom stereocenters. The van der Waals surface area contributed by atoms with Crippen molar-refractivity contribution < 1.29 is 9.50 Å². The monoisotopic (exact) mass is 209 g/mol. The van der Waals surface area contributed by atoms with Gasteiger partial charge in [0, 0.05) is 0 Å². The summed E-state index contributed by atoms with van der Waals surface area (Å²) in [5.41, 5.74) is 5.79. The molecule has 1 aliphatic rings. The first-order valence-electron chi connectivity index (χ1n) is 5.34. The van der Waals surface area contributed by atoms with Gasteiger partial charge in [-0.15, -0.1) is 0 Å². The van der Waals surface area contributed by atoms with Crippen LogP contribution >= 0.6 is 0 Å². The van der Waals surface area contributed by atoms with E-state index in [2.05, 4.69) is 0 Å². The molecule has 1 atom stereocenters. The van der Waals surface area contributed by atoms with E-state index in [0.717, 1.165) is 25.7 Å². The van der Waals surface area contributed by atoms with Gasteiger partial charge in [0.05, 0.1) is 5.54 Å². The number of nitrogens with two attached hydrogens (primary N) is 1. The Balaban J connectivity index is 2.23. The van der Waals surface area contributed by atoms with Crippen molar-refractivity contribution >= 4 is 0 Å². The quantitative estimate of drug-likeness (QED) is 0.786. The minimum atomic E-state index is -1.17. The van der Waals surface area contributed by atoms with Crippen LogP contribution in [0.4, 0.5) is 4.39 Å². The van der Waals surface area contributed by atoms with E-state index in [0.29, 0.717) is 5.56 Å². The molecule has 82 valence electrons. The molecule has 3 N–H and O–H groups in total. The van der Waals surface area contributed by atoms with Gasteiger partial charge in [0.2, 0.25) is 0 Å². The Morgan fingerprint density at radius 1 is 1.33 bits per heavy atom.